The number of methoxy groups -OCH3 is 1. The lowest BCUT2D eigenvalue weighted by molar-refractivity contribution is -0.384. The van der Waals surface area contributed by atoms with Crippen LogP contribution >= 0.6 is 11.6 Å². The molecule has 0 aliphatic carbocycles. The maximum absolute atomic E-state index is 11.0. The number of pyridine rings is 1. The fourth-order valence-electron chi connectivity index (χ4n) is 1.52. The lowest BCUT2D eigenvalue weighted by atomic mass is 10.3. The fourth-order valence-corrected chi connectivity index (χ4v) is 1.67. The topological polar surface area (TPSA) is 85.6 Å². The number of carbonyl (C=O) groups excluding carboxylic acids is 1. The van der Waals surface area contributed by atoms with Crippen LogP contribution in [-0.2, 0) is 9.53 Å². The first-order valence-electron chi connectivity index (χ1n) is 5.53. The van der Waals surface area contributed by atoms with Crippen molar-refractivity contribution in [1.29, 1.82) is 0 Å². The number of ether oxygens (including phenoxy) is 1. The van der Waals surface area contributed by atoms with Crippen molar-refractivity contribution in [2.45, 2.75) is 12.8 Å². The van der Waals surface area contributed by atoms with Crippen LogP contribution in [0, 0.1) is 10.1 Å². The molecule has 19 heavy (non-hydrogen) atoms. The molecule has 1 aromatic heterocycles. The van der Waals surface area contributed by atoms with Crippen molar-refractivity contribution in [3.8, 4) is 0 Å². The van der Waals surface area contributed by atoms with Crippen molar-refractivity contribution in [2.24, 2.45) is 0 Å². The van der Waals surface area contributed by atoms with Crippen LogP contribution in [0.1, 0.15) is 12.8 Å². The highest BCUT2D eigenvalue weighted by atomic mass is 35.5. The Morgan fingerprint density at radius 2 is 2.32 bits per heavy atom. The number of aromatic nitrogens is 1. The molecule has 0 bridgehead atoms. The Morgan fingerprint density at radius 3 is 2.89 bits per heavy atom. The molecule has 0 aliphatic rings. The summed E-state index contributed by atoms with van der Waals surface area (Å²) < 4.78 is 4.52. The summed E-state index contributed by atoms with van der Waals surface area (Å²) in [6.45, 7) is 0.449. The van der Waals surface area contributed by atoms with Gasteiger partial charge < -0.3 is 9.64 Å². The van der Waals surface area contributed by atoms with Crippen molar-refractivity contribution < 1.29 is 14.5 Å². The predicted octanol–water partition coefficient (Wildman–Crippen LogP) is 2.03. The van der Waals surface area contributed by atoms with Crippen molar-refractivity contribution in [3.63, 3.8) is 0 Å². The average molecular weight is 288 g/mol. The number of carbonyl (C=O) groups is 1. The van der Waals surface area contributed by atoms with E-state index in [0.717, 1.165) is 0 Å². The van der Waals surface area contributed by atoms with Gasteiger partial charge in [-0.15, -0.1) is 0 Å². The number of halogens is 1. The molecule has 0 fully saturated rings. The van der Waals surface area contributed by atoms with Gasteiger partial charge in [-0.25, -0.2) is 4.98 Å². The van der Waals surface area contributed by atoms with Crippen molar-refractivity contribution >= 4 is 29.1 Å². The van der Waals surface area contributed by atoms with Gasteiger partial charge in [0, 0.05) is 32.3 Å². The number of nitrogens with zero attached hydrogens (tertiary/aromatic N) is 3. The lowest BCUT2D eigenvalue weighted by Gasteiger charge is -2.17. The van der Waals surface area contributed by atoms with E-state index in [1.165, 1.54) is 19.4 Å². The van der Waals surface area contributed by atoms with Gasteiger partial charge in [0.05, 0.1) is 17.1 Å². The van der Waals surface area contributed by atoms with Gasteiger partial charge in [-0.1, -0.05) is 11.6 Å². The van der Waals surface area contributed by atoms with Gasteiger partial charge in [0.2, 0.25) is 5.82 Å². The fraction of sp³-hybridized carbons (Fsp3) is 0.455. The maximum atomic E-state index is 11.0. The SMILES string of the molecule is COC(=O)CCCN(C)c1ncc(Cl)cc1[N+](=O)[O-]. The zero-order valence-corrected chi connectivity index (χ0v) is 11.4. The first-order chi connectivity index (χ1) is 8.95. The molecular weight excluding hydrogens is 274 g/mol. The molecular formula is C11H14ClN3O4. The Morgan fingerprint density at radius 1 is 1.63 bits per heavy atom. The van der Waals surface area contributed by atoms with Crippen molar-refractivity contribution in [3.05, 3.63) is 27.4 Å². The van der Waals surface area contributed by atoms with Gasteiger partial charge in [0.15, 0.2) is 0 Å². The van der Waals surface area contributed by atoms with Crippen LogP contribution in [0.25, 0.3) is 0 Å². The summed E-state index contributed by atoms with van der Waals surface area (Å²) in [4.78, 5) is 26.9. The second-order valence-electron chi connectivity index (χ2n) is 3.85. The number of hydrogen-bond donors (Lipinski definition) is 0. The maximum Gasteiger partial charge on any atom is 0.313 e. The Balaban J connectivity index is 2.73. The Labute approximate surface area is 115 Å². The highest BCUT2D eigenvalue weighted by molar-refractivity contribution is 6.30. The molecule has 0 amide bonds. The molecule has 8 heteroatoms. The van der Waals surface area contributed by atoms with Crippen LogP contribution in [0.4, 0.5) is 11.5 Å². The summed E-state index contributed by atoms with van der Waals surface area (Å²) in [5, 5.41) is 11.1. The molecule has 0 aliphatic heterocycles. The van der Waals surface area contributed by atoms with E-state index < -0.39 is 4.92 Å². The molecule has 1 rings (SSSR count). The number of anilines is 1. The third kappa shape index (κ3) is 4.36. The van der Waals surface area contributed by atoms with Crippen LogP contribution in [0.2, 0.25) is 5.02 Å². The molecule has 0 radical (unpaired) electrons. The summed E-state index contributed by atoms with van der Waals surface area (Å²) in [5.41, 5.74) is -0.159. The molecule has 104 valence electrons. The monoisotopic (exact) mass is 287 g/mol. The first-order valence-corrected chi connectivity index (χ1v) is 5.91. The van der Waals surface area contributed by atoms with Gasteiger partial charge in [-0.3, -0.25) is 14.9 Å². The third-order valence-electron chi connectivity index (χ3n) is 2.47. The van der Waals surface area contributed by atoms with E-state index in [1.54, 1.807) is 11.9 Å². The summed E-state index contributed by atoms with van der Waals surface area (Å²) >= 11 is 5.68. The number of hydrogen-bond acceptors (Lipinski definition) is 6. The highest BCUT2D eigenvalue weighted by Crippen LogP contribution is 2.27. The van der Waals surface area contributed by atoms with Gasteiger partial charge in [-0.2, -0.15) is 0 Å². The second-order valence-corrected chi connectivity index (χ2v) is 4.29. The Bertz CT molecular complexity index is 481. The van der Waals surface area contributed by atoms with E-state index in [1.807, 2.05) is 0 Å². The minimum Gasteiger partial charge on any atom is -0.469 e. The summed E-state index contributed by atoms with van der Waals surface area (Å²) in [6, 6.07) is 1.25. The number of rotatable bonds is 6. The van der Waals surface area contributed by atoms with E-state index in [2.05, 4.69) is 9.72 Å². The van der Waals surface area contributed by atoms with Crippen LogP contribution in [0.3, 0.4) is 0 Å². The molecule has 0 spiro atoms. The minimum absolute atomic E-state index is 0.159. The van der Waals surface area contributed by atoms with Crippen LogP contribution in [-0.4, -0.2) is 36.6 Å². The quantitative estimate of drug-likeness (QED) is 0.452. The number of esters is 1. The van der Waals surface area contributed by atoms with Crippen LogP contribution < -0.4 is 4.90 Å². The van der Waals surface area contributed by atoms with Gasteiger partial charge in [-0.05, 0) is 6.42 Å². The molecule has 0 atom stereocenters. The molecule has 1 aromatic rings. The molecule has 0 N–H and O–H groups in total. The summed E-state index contributed by atoms with van der Waals surface area (Å²) in [7, 11) is 2.98. The highest BCUT2D eigenvalue weighted by Gasteiger charge is 2.19. The zero-order chi connectivity index (χ0) is 14.4. The second kappa shape index (κ2) is 6.89. The molecule has 0 saturated heterocycles. The minimum atomic E-state index is -0.537. The smallest absolute Gasteiger partial charge is 0.313 e. The predicted molar refractivity (Wildman–Crippen MR) is 70.4 cm³/mol. The number of nitro groups is 1. The van der Waals surface area contributed by atoms with E-state index in [0.29, 0.717) is 13.0 Å². The zero-order valence-electron chi connectivity index (χ0n) is 10.6. The van der Waals surface area contributed by atoms with Gasteiger partial charge in [0.25, 0.3) is 0 Å². The van der Waals surface area contributed by atoms with Gasteiger partial charge >= 0.3 is 11.7 Å². The largest absolute Gasteiger partial charge is 0.469 e. The third-order valence-corrected chi connectivity index (χ3v) is 2.68. The molecule has 0 unspecified atom stereocenters. The summed E-state index contributed by atoms with van der Waals surface area (Å²) in [5.74, 6) is -0.0915. The molecule has 7 nitrogen and oxygen atoms in total. The standard InChI is InChI=1S/C11H14ClN3O4/c1-14(5-3-4-10(16)19-2)11-9(15(17)18)6-8(12)7-13-11/h6-7H,3-5H2,1-2H3. The van der Waals surface area contributed by atoms with Gasteiger partial charge in [0.1, 0.15) is 0 Å². The summed E-state index contributed by atoms with van der Waals surface area (Å²) in [6.07, 6.45) is 2.12. The molecule has 0 aromatic carbocycles. The lowest BCUT2D eigenvalue weighted by Crippen LogP contribution is -2.21. The van der Waals surface area contributed by atoms with Crippen molar-refractivity contribution in [2.75, 3.05) is 25.6 Å². The van der Waals surface area contributed by atoms with E-state index in [4.69, 9.17) is 11.6 Å². The molecule has 1 heterocycles. The Kier molecular flexibility index (Phi) is 5.50. The molecule has 0 saturated carbocycles. The van der Waals surface area contributed by atoms with Crippen molar-refractivity contribution in [1.82, 2.24) is 4.98 Å². The van der Waals surface area contributed by atoms with E-state index in [-0.39, 0.29) is 28.9 Å². The van der Waals surface area contributed by atoms with Crippen LogP contribution in [0.5, 0.6) is 0 Å². The Hall–Kier alpha value is -1.89. The first kappa shape index (κ1) is 15.2. The van der Waals surface area contributed by atoms with E-state index in [9.17, 15) is 14.9 Å². The average Bonchev–Trinajstić information content (AvgIpc) is 2.38. The normalized spacial score (nSPS) is 10.1. The van der Waals surface area contributed by atoms with Crippen LogP contribution in [0.15, 0.2) is 12.3 Å². The van der Waals surface area contributed by atoms with E-state index >= 15 is 0 Å².